The van der Waals surface area contributed by atoms with Gasteiger partial charge in [-0.1, -0.05) is 23.7 Å². The van der Waals surface area contributed by atoms with Crippen molar-refractivity contribution >= 4 is 23.8 Å². The first-order valence-corrected chi connectivity index (χ1v) is 9.24. The van der Waals surface area contributed by atoms with E-state index < -0.39 is 0 Å². The maximum atomic E-state index is 5.95. The van der Waals surface area contributed by atoms with E-state index in [4.69, 9.17) is 28.6 Å². The molecule has 0 N–H and O–H groups in total. The molecule has 8 heteroatoms. The van der Waals surface area contributed by atoms with Crippen molar-refractivity contribution in [2.45, 2.75) is 19.8 Å². The molecular formula is C17H24ClN5OS. The van der Waals surface area contributed by atoms with Crippen LogP contribution in [0.4, 0.5) is 0 Å². The second-order valence-corrected chi connectivity index (χ2v) is 7.06. The van der Waals surface area contributed by atoms with E-state index in [2.05, 4.69) is 27.0 Å². The van der Waals surface area contributed by atoms with Crippen molar-refractivity contribution < 1.29 is 4.74 Å². The SMILES string of the molecule is COCCn1cnn(CN2CCN(Cc3ccc(Cl)cc3)CC2)c1=S. The second-order valence-electron chi connectivity index (χ2n) is 6.26. The highest BCUT2D eigenvalue weighted by molar-refractivity contribution is 7.71. The van der Waals surface area contributed by atoms with Gasteiger partial charge in [0.1, 0.15) is 6.33 Å². The van der Waals surface area contributed by atoms with Gasteiger partial charge in [0.25, 0.3) is 0 Å². The van der Waals surface area contributed by atoms with Gasteiger partial charge in [0, 0.05) is 51.4 Å². The molecule has 1 fully saturated rings. The molecule has 0 amide bonds. The zero-order valence-corrected chi connectivity index (χ0v) is 16.0. The predicted molar refractivity (Wildman–Crippen MR) is 101 cm³/mol. The number of rotatable bonds is 7. The molecule has 0 atom stereocenters. The van der Waals surface area contributed by atoms with Crippen LogP contribution in [0.5, 0.6) is 0 Å². The van der Waals surface area contributed by atoms with Crippen molar-refractivity contribution in [1.29, 1.82) is 0 Å². The average molecular weight is 382 g/mol. The monoisotopic (exact) mass is 381 g/mol. The van der Waals surface area contributed by atoms with Gasteiger partial charge in [-0.2, -0.15) is 5.10 Å². The largest absolute Gasteiger partial charge is 0.383 e. The molecule has 136 valence electrons. The van der Waals surface area contributed by atoms with Crippen LogP contribution in [0.3, 0.4) is 0 Å². The number of hydrogen-bond donors (Lipinski definition) is 0. The third-order valence-corrected chi connectivity index (χ3v) is 5.15. The first kappa shape index (κ1) is 18.5. The molecule has 25 heavy (non-hydrogen) atoms. The van der Waals surface area contributed by atoms with Gasteiger partial charge in [0.15, 0.2) is 4.77 Å². The van der Waals surface area contributed by atoms with Crippen LogP contribution in [0.1, 0.15) is 5.56 Å². The Morgan fingerprint density at radius 3 is 2.48 bits per heavy atom. The highest BCUT2D eigenvalue weighted by Gasteiger charge is 2.18. The lowest BCUT2D eigenvalue weighted by Crippen LogP contribution is -2.46. The summed E-state index contributed by atoms with van der Waals surface area (Å²) in [6, 6.07) is 8.10. The van der Waals surface area contributed by atoms with Crippen LogP contribution in [-0.2, 0) is 24.5 Å². The number of aromatic nitrogens is 3. The highest BCUT2D eigenvalue weighted by Crippen LogP contribution is 2.13. The third kappa shape index (κ3) is 5.12. The first-order chi connectivity index (χ1) is 12.2. The number of ether oxygens (including phenoxy) is 1. The van der Waals surface area contributed by atoms with Crippen molar-refractivity contribution in [3.05, 3.63) is 45.9 Å². The molecule has 2 heterocycles. The molecule has 2 aromatic rings. The summed E-state index contributed by atoms with van der Waals surface area (Å²) in [4.78, 5) is 4.86. The van der Waals surface area contributed by atoms with Gasteiger partial charge in [-0.25, -0.2) is 4.68 Å². The van der Waals surface area contributed by atoms with Crippen LogP contribution in [0.15, 0.2) is 30.6 Å². The Morgan fingerprint density at radius 2 is 1.80 bits per heavy atom. The molecule has 1 aliphatic rings. The highest BCUT2D eigenvalue weighted by atomic mass is 35.5. The van der Waals surface area contributed by atoms with Crippen molar-refractivity contribution in [3.8, 4) is 0 Å². The predicted octanol–water partition coefficient (Wildman–Crippen LogP) is 2.49. The fraction of sp³-hybridized carbons (Fsp3) is 0.529. The molecule has 1 saturated heterocycles. The average Bonchev–Trinajstić information content (AvgIpc) is 2.97. The van der Waals surface area contributed by atoms with Crippen molar-refractivity contribution in [1.82, 2.24) is 24.1 Å². The Hall–Kier alpha value is -1.25. The number of nitrogens with zero attached hydrogens (tertiary/aromatic N) is 5. The quantitative estimate of drug-likeness (QED) is 0.689. The van der Waals surface area contributed by atoms with Gasteiger partial charge in [0.2, 0.25) is 0 Å². The van der Waals surface area contributed by atoms with E-state index in [9.17, 15) is 0 Å². The molecule has 0 saturated carbocycles. The van der Waals surface area contributed by atoms with E-state index in [-0.39, 0.29) is 0 Å². The maximum Gasteiger partial charge on any atom is 0.198 e. The van der Waals surface area contributed by atoms with Gasteiger partial charge in [-0.05, 0) is 29.9 Å². The summed E-state index contributed by atoms with van der Waals surface area (Å²) in [6.45, 7) is 7.21. The Bertz CT molecular complexity index is 721. The molecule has 6 nitrogen and oxygen atoms in total. The summed E-state index contributed by atoms with van der Waals surface area (Å²) >= 11 is 11.4. The standard InChI is InChI=1S/C17H24ClN5OS/c1-24-11-10-22-13-19-23(17(22)25)14-21-8-6-20(7-9-21)12-15-2-4-16(18)5-3-15/h2-5,13H,6-12,14H2,1H3. The lowest BCUT2D eigenvalue weighted by atomic mass is 10.2. The number of piperazine rings is 1. The van der Waals surface area contributed by atoms with E-state index in [0.29, 0.717) is 6.61 Å². The van der Waals surface area contributed by atoms with Crippen molar-refractivity contribution in [3.63, 3.8) is 0 Å². The van der Waals surface area contributed by atoms with Gasteiger partial charge < -0.3 is 9.30 Å². The zero-order chi connectivity index (χ0) is 17.6. The summed E-state index contributed by atoms with van der Waals surface area (Å²) < 4.78 is 9.69. The van der Waals surface area contributed by atoms with Gasteiger partial charge in [-0.15, -0.1) is 0 Å². The van der Waals surface area contributed by atoms with E-state index in [1.165, 1.54) is 5.56 Å². The first-order valence-electron chi connectivity index (χ1n) is 8.46. The van der Waals surface area contributed by atoms with Gasteiger partial charge in [-0.3, -0.25) is 9.80 Å². The lowest BCUT2D eigenvalue weighted by molar-refractivity contribution is 0.0979. The number of hydrogen-bond acceptors (Lipinski definition) is 5. The minimum atomic E-state index is 0.642. The summed E-state index contributed by atoms with van der Waals surface area (Å²) in [5, 5.41) is 5.20. The molecule has 1 aromatic heterocycles. The minimum Gasteiger partial charge on any atom is -0.383 e. The van der Waals surface area contributed by atoms with E-state index >= 15 is 0 Å². The topological polar surface area (TPSA) is 38.5 Å². The van der Waals surface area contributed by atoms with Crippen LogP contribution in [0, 0.1) is 4.77 Å². The Morgan fingerprint density at radius 1 is 1.12 bits per heavy atom. The normalized spacial score (nSPS) is 16.4. The Balaban J connectivity index is 1.48. The smallest absolute Gasteiger partial charge is 0.198 e. The Kier molecular flexibility index (Phi) is 6.61. The summed E-state index contributed by atoms with van der Waals surface area (Å²) in [5.74, 6) is 0. The molecular weight excluding hydrogens is 358 g/mol. The van der Waals surface area contributed by atoms with Crippen LogP contribution in [0.2, 0.25) is 5.02 Å². The molecule has 0 bridgehead atoms. The second kappa shape index (κ2) is 8.91. The molecule has 0 radical (unpaired) electrons. The molecule has 0 aliphatic carbocycles. The molecule has 1 aromatic carbocycles. The lowest BCUT2D eigenvalue weighted by Gasteiger charge is -2.34. The van der Waals surface area contributed by atoms with E-state index in [1.54, 1.807) is 13.4 Å². The van der Waals surface area contributed by atoms with Crippen LogP contribution >= 0.6 is 23.8 Å². The molecule has 0 unspecified atom stereocenters. The number of halogens is 1. The van der Waals surface area contributed by atoms with Crippen LogP contribution in [-0.4, -0.2) is 64.0 Å². The van der Waals surface area contributed by atoms with E-state index in [1.807, 2.05) is 21.4 Å². The number of benzene rings is 1. The van der Waals surface area contributed by atoms with Crippen LogP contribution < -0.4 is 0 Å². The zero-order valence-electron chi connectivity index (χ0n) is 14.5. The summed E-state index contributed by atoms with van der Waals surface area (Å²) in [6.07, 6.45) is 1.79. The molecule has 1 aliphatic heterocycles. The van der Waals surface area contributed by atoms with Crippen molar-refractivity contribution in [2.75, 3.05) is 39.9 Å². The van der Waals surface area contributed by atoms with Crippen LogP contribution in [0.25, 0.3) is 0 Å². The van der Waals surface area contributed by atoms with Gasteiger partial charge >= 0.3 is 0 Å². The van der Waals surface area contributed by atoms with Gasteiger partial charge in [0.05, 0.1) is 13.3 Å². The third-order valence-electron chi connectivity index (χ3n) is 4.45. The number of methoxy groups -OCH3 is 1. The summed E-state index contributed by atoms with van der Waals surface area (Å²) in [7, 11) is 1.69. The Labute approximate surface area is 158 Å². The minimum absolute atomic E-state index is 0.642. The molecule has 0 spiro atoms. The van der Waals surface area contributed by atoms with E-state index in [0.717, 1.165) is 55.7 Å². The maximum absolute atomic E-state index is 5.95. The molecule has 3 rings (SSSR count). The van der Waals surface area contributed by atoms with Crippen molar-refractivity contribution in [2.24, 2.45) is 0 Å². The summed E-state index contributed by atoms with van der Waals surface area (Å²) in [5.41, 5.74) is 1.30. The fourth-order valence-corrected chi connectivity index (χ4v) is 3.31. The fourth-order valence-electron chi connectivity index (χ4n) is 2.94.